The topological polar surface area (TPSA) is 72.4 Å². The first kappa shape index (κ1) is 18.8. The van der Waals surface area contributed by atoms with Crippen LogP contribution >= 0.6 is 0 Å². The molecule has 3 aromatic rings. The molecule has 0 radical (unpaired) electrons. The minimum atomic E-state index is -2.97. The molecule has 1 atom stereocenters. The Balaban J connectivity index is 1.59. The lowest BCUT2D eigenvalue weighted by atomic mass is 10.1. The average Bonchev–Trinajstić information content (AvgIpc) is 3.08. The molecule has 1 saturated heterocycles. The van der Waals surface area contributed by atoms with E-state index in [0.717, 1.165) is 28.0 Å². The number of benzene rings is 2. The summed E-state index contributed by atoms with van der Waals surface area (Å²) in [7, 11) is -1.33. The van der Waals surface area contributed by atoms with Gasteiger partial charge in [0.15, 0.2) is 9.84 Å². The number of rotatable bonds is 6. The fourth-order valence-electron chi connectivity index (χ4n) is 3.62. The minimum Gasteiger partial charge on any atom is -0.497 e. The smallest absolute Gasteiger partial charge is 0.151 e. The molecule has 0 spiro atoms. The van der Waals surface area contributed by atoms with Crippen LogP contribution in [-0.2, 0) is 22.9 Å². The lowest BCUT2D eigenvalue weighted by molar-refractivity contribution is 0.192. The highest BCUT2D eigenvalue weighted by Crippen LogP contribution is 2.23. The van der Waals surface area contributed by atoms with Gasteiger partial charge in [0.05, 0.1) is 41.5 Å². The van der Waals surface area contributed by atoms with Crippen LogP contribution < -0.4 is 4.74 Å². The minimum absolute atomic E-state index is 0.0135. The van der Waals surface area contributed by atoms with Gasteiger partial charge in [-0.25, -0.2) is 13.4 Å². The molecule has 4 rings (SSSR count). The van der Waals surface area contributed by atoms with Crippen molar-refractivity contribution in [2.24, 2.45) is 0 Å². The Kier molecular flexibility index (Phi) is 5.28. The van der Waals surface area contributed by atoms with Crippen molar-refractivity contribution in [3.8, 4) is 5.75 Å². The standard InChI is InChI=1S/C21H23N3O3S/c1-27-19-8-6-16(7-9-19)13-24(18-10-11-28(25,26)15-18)14-17-12-22-20-4-2-3-5-21(20)23-17/h2-9,12,18H,10-11,13-15H2,1H3. The quantitative estimate of drug-likeness (QED) is 0.637. The molecule has 1 aromatic heterocycles. The highest BCUT2D eigenvalue weighted by Gasteiger charge is 2.32. The van der Waals surface area contributed by atoms with Gasteiger partial charge in [-0.15, -0.1) is 0 Å². The van der Waals surface area contributed by atoms with Crippen molar-refractivity contribution in [1.82, 2.24) is 14.9 Å². The third kappa shape index (κ3) is 4.31. The van der Waals surface area contributed by atoms with E-state index in [1.165, 1.54) is 0 Å². The highest BCUT2D eigenvalue weighted by molar-refractivity contribution is 7.91. The first-order chi connectivity index (χ1) is 13.5. The van der Waals surface area contributed by atoms with Crippen molar-refractivity contribution < 1.29 is 13.2 Å². The molecule has 146 valence electrons. The number of aromatic nitrogens is 2. The van der Waals surface area contributed by atoms with E-state index in [9.17, 15) is 8.42 Å². The molecule has 1 aliphatic rings. The normalized spacial score (nSPS) is 18.6. The van der Waals surface area contributed by atoms with Crippen molar-refractivity contribution in [3.63, 3.8) is 0 Å². The van der Waals surface area contributed by atoms with E-state index in [-0.39, 0.29) is 17.5 Å². The van der Waals surface area contributed by atoms with Crippen LogP contribution in [0.4, 0.5) is 0 Å². The summed E-state index contributed by atoms with van der Waals surface area (Å²) in [6.45, 7) is 1.21. The maximum Gasteiger partial charge on any atom is 0.151 e. The summed E-state index contributed by atoms with van der Waals surface area (Å²) in [6, 6.07) is 15.6. The second-order valence-corrected chi connectivity index (χ2v) is 9.39. The Morgan fingerprint density at radius 3 is 2.50 bits per heavy atom. The summed E-state index contributed by atoms with van der Waals surface area (Å²) >= 11 is 0. The largest absolute Gasteiger partial charge is 0.497 e. The second-order valence-electron chi connectivity index (χ2n) is 7.16. The van der Waals surface area contributed by atoms with Gasteiger partial charge in [0.1, 0.15) is 5.75 Å². The maximum atomic E-state index is 12.0. The van der Waals surface area contributed by atoms with Gasteiger partial charge < -0.3 is 4.74 Å². The predicted molar refractivity (Wildman–Crippen MR) is 109 cm³/mol. The molecule has 1 unspecified atom stereocenters. The Hall–Kier alpha value is -2.51. The maximum absolute atomic E-state index is 12.0. The zero-order valence-corrected chi connectivity index (χ0v) is 16.6. The Morgan fingerprint density at radius 1 is 1.07 bits per heavy atom. The zero-order chi connectivity index (χ0) is 19.6. The molecule has 0 N–H and O–H groups in total. The van der Waals surface area contributed by atoms with Crippen molar-refractivity contribution in [3.05, 3.63) is 66.0 Å². The van der Waals surface area contributed by atoms with Crippen LogP contribution in [0.2, 0.25) is 0 Å². The number of sulfone groups is 1. The van der Waals surface area contributed by atoms with Gasteiger partial charge in [0, 0.05) is 19.1 Å². The lowest BCUT2D eigenvalue weighted by Gasteiger charge is -2.28. The molecule has 7 heteroatoms. The van der Waals surface area contributed by atoms with E-state index >= 15 is 0 Å². The third-order valence-electron chi connectivity index (χ3n) is 5.13. The monoisotopic (exact) mass is 397 g/mol. The molecular formula is C21H23N3O3S. The summed E-state index contributed by atoms with van der Waals surface area (Å²) in [5, 5.41) is 0. The van der Waals surface area contributed by atoms with Crippen LogP contribution in [-0.4, -0.2) is 47.9 Å². The fourth-order valence-corrected chi connectivity index (χ4v) is 5.38. The van der Waals surface area contributed by atoms with Gasteiger partial charge in [0.2, 0.25) is 0 Å². The number of hydrogen-bond acceptors (Lipinski definition) is 6. The molecule has 2 aromatic carbocycles. The molecule has 0 bridgehead atoms. The van der Waals surface area contributed by atoms with Crippen LogP contribution in [0.15, 0.2) is 54.7 Å². The number of methoxy groups -OCH3 is 1. The van der Waals surface area contributed by atoms with E-state index in [2.05, 4.69) is 9.88 Å². The first-order valence-electron chi connectivity index (χ1n) is 9.30. The molecule has 1 aliphatic heterocycles. The number of nitrogens with zero attached hydrogens (tertiary/aromatic N) is 3. The van der Waals surface area contributed by atoms with Gasteiger partial charge in [-0.2, -0.15) is 0 Å². The molecule has 28 heavy (non-hydrogen) atoms. The van der Waals surface area contributed by atoms with E-state index in [1.54, 1.807) is 13.3 Å². The van der Waals surface area contributed by atoms with E-state index in [0.29, 0.717) is 19.5 Å². The summed E-state index contributed by atoms with van der Waals surface area (Å²) in [4.78, 5) is 11.4. The van der Waals surface area contributed by atoms with Gasteiger partial charge in [-0.05, 0) is 36.2 Å². The van der Waals surface area contributed by atoms with Crippen LogP contribution in [0.5, 0.6) is 5.75 Å². The van der Waals surface area contributed by atoms with Crippen LogP contribution in [0.3, 0.4) is 0 Å². The molecule has 0 saturated carbocycles. The van der Waals surface area contributed by atoms with Gasteiger partial charge in [-0.1, -0.05) is 24.3 Å². The number of ether oxygens (including phenoxy) is 1. The van der Waals surface area contributed by atoms with Crippen LogP contribution in [0.1, 0.15) is 17.7 Å². The molecule has 0 amide bonds. The van der Waals surface area contributed by atoms with Crippen molar-refractivity contribution in [2.75, 3.05) is 18.6 Å². The molecular weight excluding hydrogens is 374 g/mol. The van der Waals surface area contributed by atoms with Gasteiger partial charge >= 0.3 is 0 Å². The SMILES string of the molecule is COc1ccc(CN(Cc2cnc3ccccc3n2)C2CCS(=O)(=O)C2)cc1. The second kappa shape index (κ2) is 7.85. The predicted octanol–water partition coefficient (Wildman–Crippen LogP) is 2.83. The molecule has 0 aliphatic carbocycles. The Bertz CT molecular complexity index is 1070. The fraction of sp³-hybridized carbons (Fsp3) is 0.333. The Morgan fingerprint density at radius 2 is 1.82 bits per heavy atom. The van der Waals surface area contributed by atoms with Gasteiger partial charge in [-0.3, -0.25) is 9.88 Å². The summed E-state index contributed by atoms with van der Waals surface area (Å²) in [5.41, 5.74) is 3.66. The number of para-hydroxylation sites is 2. The zero-order valence-electron chi connectivity index (χ0n) is 15.8. The molecule has 2 heterocycles. The van der Waals surface area contributed by atoms with E-state index in [4.69, 9.17) is 9.72 Å². The van der Waals surface area contributed by atoms with Crippen LogP contribution in [0.25, 0.3) is 11.0 Å². The summed E-state index contributed by atoms with van der Waals surface area (Å²) in [6.07, 6.45) is 2.44. The van der Waals surface area contributed by atoms with Gasteiger partial charge in [0.25, 0.3) is 0 Å². The average molecular weight is 398 g/mol. The van der Waals surface area contributed by atoms with E-state index in [1.807, 2.05) is 48.5 Å². The Labute approximate surface area is 165 Å². The van der Waals surface area contributed by atoms with Crippen molar-refractivity contribution in [1.29, 1.82) is 0 Å². The lowest BCUT2D eigenvalue weighted by Crippen LogP contribution is -2.35. The van der Waals surface area contributed by atoms with Crippen LogP contribution in [0, 0.1) is 0 Å². The molecule has 1 fully saturated rings. The highest BCUT2D eigenvalue weighted by atomic mass is 32.2. The van der Waals surface area contributed by atoms with Crippen molar-refractivity contribution in [2.45, 2.75) is 25.6 Å². The third-order valence-corrected chi connectivity index (χ3v) is 6.88. The van der Waals surface area contributed by atoms with Crippen molar-refractivity contribution >= 4 is 20.9 Å². The molecule has 6 nitrogen and oxygen atoms in total. The first-order valence-corrected chi connectivity index (χ1v) is 11.1. The summed E-state index contributed by atoms with van der Waals surface area (Å²) in [5.74, 6) is 1.25. The summed E-state index contributed by atoms with van der Waals surface area (Å²) < 4.78 is 29.3. The van der Waals surface area contributed by atoms with E-state index < -0.39 is 9.84 Å². The number of fused-ring (bicyclic) bond motifs is 1. The number of hydrogen-bond donors (Lipinski definition) is 0.